The van der Waals surface area contributed by atoms with Crippen LogP contribution >= 0.6 is 22.6 Å². The average molecular weight is 392 g/mol. The number of sulfonamides is 1. The number of hydrogen-bond donors (Lipinski definition) is 2. The third-order valence-corrected chi connectivity index (χ3v) is 4.72. The van der Waals surface area contributed by atoms with Crippen LogP contribution in [0.4, 0.5) is 5.69 Å². The van der Waals surface area contributed by atoms with Crippen molar-refractivity contribution in [2.24, 2.45) is 5.73 Å². The molecule has 0 amide bonds. The Kier molecular flexibility index (Phi) is 4.16. The molecule has 0 aliphatic carbocycles. The molecule has 0 radical (unpaired) electrons. The zero-order valence-corrected chi connectivity index (χ0v) is 13.2. The molecular weight excluding hydrogens is 379 g/mol. The topological polar surface area (TPSA) is 85.3 Å². The van der Waals surface area contributed by atoms with Gasteiger partial charge in [-0.25, -0.2) is 8.42 Å². The summed E-state index contributed by atoms with van der Waals surface area (Å²) in [6.45, 7) is 1.77. The molecule has 0 fully saturated rings. The Labute approximate surface area is 125 Å². The maximum Gasteiger partial charge on any atom is 0.265 e. The first-order chi connectivity index (χ1) is 8.92. The van der Waals surface area contributed by atoms with Gasteiger partial charge in [-0.1, -0.05) is 0 Å². The highest BCUT2D eigenvalue weighted by atomic mass is 127. The smallest absolute Gasteiger partial charge is 0.265 e. The van der Waals surface area contributed by atoms with Crippen molar-refractivity contribution in [3.05, 3.63) is 45.4 Å². The van der Waals surface area contributed by atoms with Crippen LogP contribution in [0.1, 0.15) is 11.5 Å². The quantitative estimate of drug-likeness (QED) is 0.783. The van der Waals surface area contributed by atoms with Crippen molar-refractivity contribution >= 4 is 38.3 Å². The summed E-state index contributed by atoms with van der Waals surface area (Å²) >= 11 is 2.15. The van der Waals surface area contributed by atoms with E-state index in [9.17, 15) is 8.42 Å². The number of aryl methyl sites for hydroxylation is 1. The monoisotopic (exact) mass is 392 g/mol. The predicted molar refractivity (Wildman–Crippen MR) is 81.3 cm³/mol. The van der Waals surface area contributed by atoms with Crippen LogP contribution in [0.15, 0.2) is 39.6 Å². The van der Waals surface area contributed by atoms with Gasteiger partial charge in [-0.2, -0.15) is 0 Å². The van der Waals surface area contributed by atoms with Crippen LogP contribution in [0.3, 0.4) is 0 Å². The molecule has 0 spiro atoms. The third kappa shape index (κ3) is 3.28. The molecule has 0 unspecified atom stereocenters. The average Bonchev–Trinajstić information content (AvgIpc) is 2.74. The van der Waals surface area contributed by atoms with Crippen LogP contribution in [0, 0.1) is 10.5 Å². The minimum absolute atomic E-state index is 0.117. The molecule has 0 saturated carbocycles. The lowest BCUT2D eigenvalue weighted by atomic mass is 10.3. The highest BCUT2D eigenvalue weighted by molar-refractivity contribution is 14.1. The predicted octanol–water partition coefficient (Wildman–Crippen LogP) is 2.45. The van der Waals surface area contributed by atoms with E-state index in [0.29, 0.717) is 17.2 Å². The maximum absolute atomic E-state index is 12.2. The molecule has 0 saturated heterocycles. The molecule has 0 aliphatic heterocycles. The van der Waals surface area contributed by atoms with Crippen LogP contribution in [-0.2, 0) is 16.6 Å². The summed E-state index contributed by atoms with van der Waals surface area (Å²) in [5.74, 6) is 0.777. The van der Waals surface area contributed by atoms with E-state index in [1.54, 1.807) is 19.1 Å². The lowest BCUT2D eigenvalue weighted by Crippen LogP contribution is -2.13. The molecule has 1 aromatic heterocycles. The van der Waals surface area contributed by atoms with Crippen molar-refractivity contribution in [2.45, 2.75) is 18.4 Å². The molecule has 5 nitrogen and oxygen atoms in total. The molecule has 7 heteroatoms. The first-order valence-corrected chi connectivity index (χ1v) is 8.06. The summed E-state index contributed by atoms with van der Waals surface area (Å²) in [6.07, 6.45) is 0. The SMILES string of the molecule is Cc1oc(CN)cc1S(=O)(=O)Nc1ccc(I)cc1. The highest BCUT2D eigenvalue weighted by Crippen LogP contribution is 2.23. The standard InChI is InChI=1S/C12H13IN2O3S/c1-8-12(6-11(7-14)18-8)19(16,17)15-10-4-2-9(13)3-5-10/h2-6,15H,7,14H2,1H3. The normalized spacial score (nSPS) is 11.5. The highest BCUT2D eigenvalue weighted by Gasteiger charge is 2.21. The van der Waals surface area contributed by atoms with Crippen molar-refractivity contribution in [2.75, 3.05) is 4.72 Å². The number of nitrogens with two attached hydrogens (primary N) is 1. The second-order valence-electron chi connectivity index (χ2n) is 3.95. The summed E-state index contributed by atoms with van der Waals surface area (Å²) < 4.78 is 33.2. The molecule has 0 bridgehead atoms. The first-order valence-electron chi connectivity index (χ1n) is 5.50. The Hall–Kier alpha value is -1.06. The van der Waals surface area contributed by atoms with E-state index in [1.807, 2.05) is 12.1 Å². The van der Waals surface area contributed by atoms with Gasteiger partial charge in [0.2, 0.25) is 0 Å². The summed E-state index contributed by atoms with van der Waals surface area (Å²) in [7, 11) is -3.65. The number of nitrogens with one attached hydrogen (secondary N) is 1. The fraction of sp³-hybridized carbons (Fsp3) is 0.167. The van der Waals surface area contributed by atoms with Crippen molar-refractivity contribution in [3.8, 4) is 0 Å². The third-order valence-electron chi connectivity index (χ3n) is 2.51. The van der Waals surface area contributed by atoms with Gasteiger partial charge in [0.1, 0.15) is 16.4 Å². The summed E-state index contributed by atoms with van der Waals surface area (Å²) in [6, 6.07) is 8.51. The molecule has 2 rings (SSSR count). The molecule has 0 atom stereocenters. The first kappa shape index (κ1) is 14.4. The molecule has 102 valence electrons. The van der Waals surface area contributed by atoms with E-state index in [2.05, 4.69) is 27.3 Å². The molecule has 1 heterocycles. The Bertz CT molecular complexity index is 678. The van der Waals surface area contributed by atoms with E-state index in [1.165, 1.54) is 6.07 Å². The van der Waals surface area contributed by atoms with Gasteiger partial charge in [0.25, 0.3) is 10.0 Å². The Balaban J connectivity index is 2.31. The fourth-order valence-electron chi connectivity index (χ4n) is 1.62. The van der Waals surface area contributed by atoms with Gasteiger partial charge < -0.3 is 10.2 Å². The number of halogens is 1. The largest absolute Gasteiger partial charge is 0.464 e. The minimum Gasteiger partial charge on any atom is -0.464 e. The molecule has 1 aromatic carbocycles. The van der Waals surface area contributed by atoms with Crippen molar-refractivity contribution in [1.82, 2.24) is 0 Å². The van der Waals surface area contributed by atoms with Gasteiger partial charge in [0, 0.05) is 15.3 Å². The van der Waals surface area contributed by atoms with Gasteiger partial charge >= 0.3 is 0 Å². The number of hydrogen-bond acceptors (Lipinski definition) is 4. The van der Waals surface area contributed by atoms with E-state index in [4.69, 9.17) is 10.2 Å². The number of rotatable bonds is 4. The van der Waals surface area contributed by atoms with Crippen LogP contribution in [0.2, 0.25) is 0 Å². The molecule has 2 aromatic rings. The Morgan fingerprint density at radius 3 is 2.47 bits per heavy atom. The maximum atomic E-state index is 12.2. The van der Waals surface area contributed by atoms with Gasteiger partial charge in [0.15, 0.2) is 0 Å². The Morgan fingerprint density at radius 2 is 1.95 bits per heavy atom. The van der Waals surface area contributed by atoms with E-state index >= 15 is 0 Å². The van der Waals surface area contributed by atoms with Gasteiger partial charge in [-0.15, -0.1) is 0 Å². The number of anilines is 1. The van der Waals surface area contributed by atoms with Crippen molar-refractivity contribution < 1.29 is 12.8 Å². The van der Waals surface area contributed by atoms with Crippen LogP contribution in [0.5, 0.6) is 0 Å². The second kappa shape index (κ2) is 5.51. The Morgan fingerprint density at radius 1 is 1.32 bits per heavy atom. The molecule has 0 aliphatic rings. The number of benzene rings is 1. The molecular formula is C12H13IN2O3S. The van der Waals surface area contributed by atoms with E-state index in [0.717, 1.165) is 3.57 Å². The van der Waals surface area contributed by atoms with E-state index < -0.39 is 10.0 Å². The fourth-order valence-corrected chi connectivity index (χ4v) is 3.24. The zero-order valence-electron chi connectivity index (χ0n) is 10.2. The minimum atomic E-state index is -3.65. The lowest BCUT2D eigenvalue weighted by Gasteiger charge is -2.06. The summed E-state index contributed by atoms with van der Waals surface area (Å²) in [4.78, 5) is 0.117. The zero-order chi connectivity index (χ0) is 14.0. The van der Waals surface area contributed by atoms with Crippen LogP contribution in [-0.4, -0.2) is 8.42 Å². The van der Waals surface area contributed by atoms with Crippen molar-refractivity contribution in [3.63, 3.8) is 0 Å². The summed E-state index contributed by atoms with van der Waals surface area (Å²) in [5, 5.41) is 0. The molecule has 19 heavy (non-hydrogen) atoms. The molecule has 3 N–H and O–H groups in total. The number of furan rings is 1. The second-order valence-corrected chi connectivity index (χ2v) is 6.85. The summed E-state index contributed by atoms with van der Waals surface area (Å²) in [5.41, 5.74) is 5.94. The van der Waals surface area contributed by atoms with Gasteiger partial charge in [-0.05, 0) is 53.8 Å². The van der Waals surface area contributed by atoms with Gasteiger partial charge in [0.05, 0.1) is 6.54 Å². The van der Waals surface area contributed by atoms with Crippen molar-refractivity contribution in [1.29, 1.82) is 0 Å². The lowest BCUT2D eigenvalue weighted by molar-refractivity contribution is 0.479. The van der Waals surface area contributed by atoms with E-state index in [-0.39, 0.29) is 11.4 Å². The van der Waals surface area contributed by atoms with Crippen LogP contribution in [0.25, 0.3) is 0 Å². The van der Waals surface area contributed by atoms with Crippen LogP contribution < -0.4 is 10.5 Å². The van der Waals surface area contributed by atoms with Gasteiger partial charge in [-0.3, -0.25) is 4.72 Å².